The molecule has 0 radical (unpaired) electrons. The van der Waals surface area contributed by atoms with Gasteiger partial charge in [0.1, 0.15) is 17.2 Å². The molecule has 3 aromatic rings. The molecule has 0 aliphatic carbocycles. The fourth-order valence-corrected chi connectivity index (χ4v) is 3.87. The van der Waals surface area contributed by atoms with Crippen LogP contribution < -0.4 is 10.1 Å². The number of aliphatic imine (C=N–C) groups is 2. The van der Waals surface area contributed by atoms with E-state index in [0.717, 1.165) is 11.1 Å². The molecule has 2 aromatic carbocycles. The number of hydrogen-bond acceptors (Lipinski definition) is 6. The molecular formula is C24H18N4O4S. The molecule has 0 unspecified atom stereocenters. The van der Waals surface area contributed by atoms with E-state index >= 15 is 0 Å². The van der Waals surface area contributed by atoms with Gasteiger partial charge in [0.25, 0.3) is 11.8 Å². The van der Waals surface area contributed by atoms with Crippen molar-refractivity contribution in [3.8, 4) is 5.75 Å². The summed E-state index contributed by atoms with van der Waals surface area (Å²) in [4.78, 5) is 35.8. The van der Waals surface area contributed by atoms with Crippen molar-refractivity contribution in [2.24, 2.45) is 9.98 Å². The number of carbonyl (C=O) groups excluding carboxylic acids is 2. The van der Waals surface area contributed by atoms with Gasteiger partial charge in [-0.25, -0.2) is 9.98 Å². The predicted molar refractivity (Wildman–Crippen MR) is 126 cm³/mol. The van der Waals surface area contributed by atoms with Crippen LogP contribution in [0.3, 0.4) is 0 Å². The Kier molecular flexibility index (Phi) is 5.31. The van der Waals surface area contributed by atoms with Crippen LogP contribution in [-0.2, 0) is 17.9 Å². The molecule has 8 nitrogen and oxygen atoms in total. The Labute approximate surface area is 194 Å². The van der Waals surface area contributed by atoms with Gasteiger partial charge >= 0.3 is 0 Å². The van der Waals surface area contributed by atoms with E-state index in [1.54, 1.807) is 68.0 Å². The maximum absolute atomic E-state index is 13.1. The van der Waals surface area contributed by atoms with Gasteiger partial charge in [-0.2, -0.15) is 0 Å². The zero-order chi connectivity index (χ0) is 22.9. The molecule has 0 fully saturated rings. The van der Waals surface area contributed by atoms with Crippen molar-refractivity contribution in [3.05, 3.63) is 83.3 Å². The minimum atomic E-state index is -0.305. The molecule has 1 N–H and O–H groups in total. The Hall–Kier alpha value is -4.11. The quantitative estimate of drug-likeness (QED) is 0.571. The third-order valence-electron chi connectivity index (χ3n) is 5.36. The van der Waals surface area contributed by atoms with Crippen molar-refractivity contribution < 1.29 is 18.7 Å². The predicted octanol–water partition coefficient (Wildman–Crippen LogP) is 3.42. The number of hydrogen-bond donors (Lipinski definition) is 1. The monoisotopic (exact) mass is 458 g/mol. The van der Waals surface area contributed by atoms with Crippen molar-refractivity contribution in [3.63, 3.8) is 0 Å². The second-order valence-corrected chi connectivity index (χ2v) is 7.80. The summed E-state index contributed by atoms with van der Waals surface area (Å²) in [6, 6.07) is 15.9. The summed E-state index contributed by atoms with van der Waals surface area (Å²) >= 11 is 5.42. The number of nitrogens with zero attached hydrogens (tertiary/aromatic N) is 3. The fourth-order valence-electron chi connectivity index (χ4n) is 3.63. The molecule has 0 bridgehead atoms. The van der Waals surface area contributed by atoms with Gasteiger partial charge in [-0.15, -0.1) is 0 Å². The number of rotatable bonds is 6. The smallest absolute Gasteiger partial charge is 0.281 e. The summed E-state index contributed by atoms with van der Waals surface area (Å²) in [5.74, 6) is 0.806. The Morgan fingerprint density at radius 1 is 1.12 bits per heavy atom. The maximum Gasteiger partial charge on any atom is 0.281 e. The number of thiocarbonyl (C=S) groups is 1. The van der Waals surface area contributed by atoms with Crippen molar-refractivity contribution >= 4 is 46.3 Å². The first-order chi connectivity index (χ1) is 16.0. The fraction of sp³-hybridized carbons (Fsp3) is 0.125. The summed E-state index contributed by atoms with van der Waals surface area (Å²) in [5, 5.41) is 2.97. The highest BCUT2D eigenvalue weighted by atomic mass is 32.1. The molecule has 2 amide bonds. The number of furan rings is 1. The van der Waals surface area contributed by atoms with E-state index in [-0.39, 0.29) is 29.2 Å². The first kappa shape index (κ1) is 20.8. The number of nitrogens with one attached hydrogen (secondary N) is 1. The molecule has 0 spiro atoms. The van der Waals surface area contributed by atoms with Crippen LogP contribution >= 0.6 is 12.2 Å². The number of amides is 2. The minimum absolute atomic E-state index is 0.171. The summed E-state index contributed by atoms with van der Waals surface area (Å²) in [6.07, 6.45) is 1.56. The standard InChI is InChI=1S/C24H18N4O4S/c1-31-16-8-9-19-18(11-16)20-21(26-19)23(30)28(24(33)27-20)13-14-4-6-15(7-5-14)22(29)25-12-17-3-2-10-32-17/h2-11H,12-13H2,1H3,(H,25,29). The molecule has 0 saturated heterocycles. The van der Waals surface area contributed by atoms with Crippen molar-refractivity contribution in [1.82, 2.24) is 10.2 Å². The molecule has 9 heteroatoms. The number of ether oxygens (including phenoxy) is 1. The zero-order valence-electron chi connectivity index (χ0n) is 17.6. The molecule has 33 heavy (non-hydrogen) atoms. The molecule has 0 saturated carbocycles. The Morgan fingerprint density at radius 2 is 1.94 bits per heavy atom. The number of carbonyl (C=O) groups is 2. The zero-order valence-corrected chi connectivity index (χ0v) is 18.4. The molecule has 3 heterocycles. The van der Waals surface area contributed by atoms with Crippen LogP contribution in [0.15, 0.2) is 75.3 Å². The Bertz CT molecular complexity index is 1330. The summed E-state index contributed by atoms with van der Waals surface area (Å²) in [5.41, 5.74) is 3.43. The van der Waals surface area contributed by atoms with Gasteiger partial charge in [0.05, 0.1) is 32.1 Å². The first-order valence-corrected chi connectivity index (χ1v) is 10.6. The lowest BCUT2D eigenvalue weighted by Crippen LogP contribution is -2.45. The molecular weight excluding hydrogens is 440 g/mol. The van der Waals surface area contributed by atoms with Gasteiger partial charge in [-0.3, -0.25) is 14.5 Å². The highest BCUT2D eigenvalue weighted by Gasteiger charge is 2.37. The second kappa shape index (κ2) is 8.44. The van der Waals surface area contributed by atoms with E-state index in [9.17, 15) is 9.59 Å². The van der Waals surface area contributed by atoms with Gasteiger partial charge < -0.3 is 14.5 Å². The number of benzene rings is 2. The Balaban J connectivity index is 1.30. The van der Waals surface area contributed by atoms with E-state index in [1.807, 2.05) is 0 Å². The molecule has 2 aliphatic rings. The highest BCUT2D eigenvalue weighted by Crippen LogP contribution is 2.33. The van der Waals surface area contributed by atoms with Crippen LogP contribution in [0.2, 0.25) is 0 Å². The lowest BCUT2D eigenvalue weighted by molar-refractivity contribution is -0.120. The third kappa shape index (κ3) is 3.94. The van der Waals surface area contributed by atoms with Crippen molar-refractivity contribution in [2.75, 3.05) is 7.11 Å². The van der Waals surface area contributed by atoms with E-state index in [2.05, 4.69) is 15.3 Å². The van der Waals surface area contributed by atoms with Gasteiger partial charge in [0.15, 0.2) is 5.71 Å². The van der Waals surface area contributed by atoms with E-state index < -0.39 is 0 Å². The second-order valence-electron chi connectivity index (χ2n) is 7.44. The lowest BCUT2D eigenvalue weighted by atomic mass is 10.0. The molecule has 0 atom stereocenters. The van der Waals surface area contributed by atoms with E-state index in [4.69, 9.17) is 21.4 Å². The topological polar surface area (TPSA) is 96.5 Å². The van der Waals surface area contributed by atoms with Gasteiger partial charge in [-0.05, 0) is 60.2 Å². The SMILES string of the molecule is COc1ccc2c(c1)C1=NC(=S)N(Cc3ccc(C(=O)NCc4ccco4)cc3)C(=O)C1=N2. The third-order valence-corrected chi connectivity index (χ3v) is 5.67. The van der Waals surface area contributed by atoms with Crippen molar-refractivity contribution in [2.45, 2.75) is 13.1 Å². The van der Waals surface area contributed by atoms with Gasteiger partial charge in [0.2, 0.25) is 5.11 Å². The molecule has 1 aromatic heterocycles. The largest absolute Gasteiger partial charge is 0.497 e. The average Bonchev–Trinajstić information content (AvgIpc) is 3.48. The highest BCUT2D eigenvalue weighted by molar-refractivity contribution is 7.80. The van der Waals surface area contributed by atoms with E-state index in [0.29, 0.717) is 35.0 Å². The van der Waals surface area contributed by atoms with Crippen LogP contribution in [0.25, 0.3) is 0 Å². The van der Waals surface area contributed by atoms with Crippen LogP contribution in [0.1, 0.15) is 27.2 Å². The van der Waals surface area contributed by atoms with E-state index in [1.165, 1.54) is 4.90 Å². The maximum atomic E-state index is 13.1. The lowest BCUT2D eigenvalue weighted by Gasteiger charge is -2.25. The molecule has 5 rings (SSSR count). The minimum Gasteiger partial charge on any atom is -0.497 e. The van der Waals surface area contributed by atoms with Gasteiger partial charge in [-0.1, -0.05) is 12.1 Å². The molecule has 2 aliphatic heterocycles. The summed E-state index contributed by atoms with van der Waals surface area (Å²) < 4.78 is 10.5. The van der Waals surface area contributed by atoms with Crippen LogP contribution in [0.4, 0.5) is 5.69 Å². The summed E-state index contributed by atoms with van der Waals surface area (Å²) in [7, 11) is 1.58. The average molecular weight is 458 g/mol. The van der Waals surface area contributed by atoms with Gasteiger partial charge in [0, 0.05) is 11.1 Å². The normalized spacial score (nSPS) is 14.4. The van der Waals surface area contributed by atoms with Crippen LogP contribution in [-0.4, -0.2) is 40.4 Å². The summed E-state index contributed by atoms with van der Waals surface area (Å²) in [6.45, 7) is 0.530. The number of methoxy groups -OCH3 is 1. The van der Waals surface area contributed by atoms with Crippen LogP contribution in [0, 0.1) is 0 Å². The first-order valence-electron chi connectivity index (χ1n) is 10.1. The Morgan fingerprint density at radius 3 is 2.67 bits per heavy atom. The van der Waals surface area contributed by atoms with Crippen molar-refractivity contribution in [1.29, 1.82) is 0 Å². The molecule has 164 valence electrons. The number of fused-ring (bicyclic) bond motifs is 3. The van der Waals surface area contributed by atoms with Crippen LogP contribution in [0.5, 0.6) is 5.75 Å².